The summed E-state index contributed by atoms with van der Waals surface area (Å²) < 4.78 is 4.98. The number of hydrogen-bond donors (Lipinski definition) is 2. The molecule has 1 aromatic carbocycles. The van der Waals surface area contributed by atoms with Crippen LogP contribution in [-0.4, -0.2) is 33.4 Å². The van der Waals surface area contributed by atoms with Gasteiger partial charge >= 0.3 is 0 Å². The molecule has 0 bridgehead atoms. The summed E-state index contributed by atoms with van der Waals surface area (Å²) in [4.78, 5) is 0. The number of methoxy groups -OCH3 is 1. The molecule has 0 saturated carbocycles. The Morgan fingerprint density at radius 1 is 1.00 bits per heavy atom. The number of nitrogens with one attached hydrogen (secondary N) is 2. The molecule has 3 nitrogen and oxygen atoms in total. The lowest BCUT2D eigenvalue weighted by molar-refractivity contribution is 0.199. The smallest absolute Gasteiger partial charge is 0.0587 e. The molecule has 0 aromatic heterocycles. The van der Waals surface area contributed by atoms with Crippen molar-refractivity contribution >= 4 is 0 Å². The Bertz CT molecular complexity index is 322. The van der Waals surface area contributed by atoms with E-state index in [4.69, 9.17) is 4.74 Å². The predicted molar refractivity (Wildman–Crippen MR) is 81.6 cm³/mol. The molecule has 1 rings (SSSR count). The minimum atomic E-state index is 0.611. The Morgan fingerprint density at radius 3 is 2.32 bits per heavy atom. The van der Waals surface area contributed by atoms with E-state index in [1.165, 1.54) is 11.1 Å². The predicted octanol–water partition coefficient (Wildman–Crippen LogP) is 2.53. The van der Waals surface area contributed by atoms with Crippen LogP contribution in [-0.2, 0) is 11.3 Å². The number of ether oxygens (including phenoxy) is 1. The zero-order valence-corrected chi connectivity index (χ0v) is 12.5. The topological polar surface area (TPSA) is 33.3 Å². The fourth-order valence-corrected chi connectivity index (χ4v) is 1.89. The van der Waals surface area contributed by atoms with Gasteiger partial charge in [-0.2, -0.15) is 0 Å². The summed E-state index contributed by atoms with van der Waals surface area (Å²) >= 11 is 0. The van der Waals surface area contributed by atoms with E-state index in [0.29, 0.717) is 5.92 Å². The fourth-order valence-electron chi connectivity index (χ4n) is 1.89. The van der Waals surface area contributed by atoms with Crippen molar-refractivity contribution in [3.63, 3.8) is 0 Å². The van der Waals surface area contributed by atoms with Crippen molar-refractivity contribution in [3.05, 3.63) is 35.4 Å². The summed E-state index contributed by atoms with van der Waals surface area (Å²) in [5, 5.41) is 6.81. The third-order valence-corrected chi connectivity index (χ3v) is 3.17. The Morgan fingerprint density at radius 2 is 1.68 bits per heavy atom. The summed E-state index contributed by atoms with van der Waals surface area (Å²) in [7, 11) is 1.73. The maximum Gasteiger partial charge on any atom is 0.0587 e. The van der Waals surface area contributed by atoms with E-state index >= 15 is 0 Å². The second kappa shape index (κ2) is 9.96. The molecule has 0 unspecified atom stereocenters. The molecule has 0 amide bonds. The van der Waals surface area contributed by atoms with Crippen LogP contribution < -0.4 is 10.6 Å². The first-order valence-corrected chi connectivity index (χ1v) is 7.23. The molecular weight excluding hydrogens is 236 g/mol. The maximum absolute atomic E-state index is 4.98. The van der Waals surface area contributed by atoms with E-state index in [1.54, 1.807) is 7.11 Å². The van der Waals surface area contributed by atoms with Crippen LogP contribution in [0.4, 0.5) is 0 Å². The molecule has 0 radical (unpaired) electrons. The second-order valence-electron chi connectivity index (χ2n) is 5.17. The lowest BCUT2D eigenvalue weighted by atomic mass is 10.0. The van der Waals surface area contributed by atoms with Crippen LogP contribution in [0.5, 0.6) is 0 Å². The highest BCUT2D eigenvalue weighted by atomic mass is 16.5. The number of benzene rings is 1. The molecule has 0 aliphatic heterocycles. The molecule has 19 heavy (non-hydrogen) atoms. The molecule has 0 atom stereocenters. The standard InChI is InChI=1S/C16H28N2O/c1-14(2)16-7-5-15(6-8-16)13-18-10-4-9-17-11-12-19-3/h5-8,14,17-18H,4,9-13H2,1-3H3. The normalized spacial score (nSPS) is 11.2. The summed E-state index contributed by atoms with van der Waals surface area (Å²) in [6, 6.07) is 8.90. The Hall–Kier alpha value is -0.900. The van der Waals surface area contributed by atoms with Crippen LogP contribution in [0.15, 0.2) is 24.3 Å². The van der Waals surface area contributed by atoms with E-state index in [9.17, 15) is 0 Å². The van der Waals surface area contributed by atoms with Gasteiger partial charge in [-0.1, -0.05) is 38.1 Å². The zero-order valence-electron chi connectivity index (χ0n) is 12.5. The monoisotopic (exact) mass is 264 g/mol. The Balaban J connectivity index is 2.06. The van der Waals surface area contributed by atoms with Crippen LogP contribution in [0, 0.1) is 0 Å². The van der Waals surface area contributed by atoms with E-state index < -0.39 is 0 Å². The summed E-state index contributed by atoms with van der Waals surface area (Å²) in [6.07, 6.45) is 1.15. The first-order valence-electron chi connectivity index (χ1n) is 7.23. The zero-order chi connectivity index (χ0) is 13.9. The largest absolute Gasteiger partial charge is 0.383 e. The van der Waals surface area contributed by atoms with Gasteiger partial charge in [0.15, 0.2) is 0 Å². The average molecular weight is 264 g/mol. The van der Waals surface area contributed by atoms with Crippen molar-refractivity contribution in [1.29, 1.82) is 0 Å². The molecule has 2 N–H and O–H groups in total. The Labute approximate surface area is 117 Å². The molecule has 0 spiro atoms. The highest BCUT2D eigenvalue weighted by molar-refractivity contribution is 5.24. The lowest BCUT2D eigenvalue weighted by Crippen LogP contribution is -2.24. The molecule has 3 heteroatoms. The van der Waals surface area contributed by atoms with Crippen molar-refractivity contribution in [2.24, 2.45) is 0 Å². The van der Waals surface area contributed by atoms with Gasteiger partial charge in [0.05, 0.1) is 6.61 Å². The highest BCUT2D eigenvalue weighted by Gasteiger charge is 1.98. The van der Waals surface area contributed by atoms with Crippen LogP contribution >= 0.6 is 0 Å². The third kappa shape index (κ3) is 7.31. The first kappa shape index (κ1) is 16.2. The van der Waals surface area contributed by atoms with Gasteiger partial charge in [-0.25, -0.2) is 0 Å². The quantitative estimate of drug-likeness (QED) is 0.637. The van der Waals surface area contributed by atoms with E-state index in [2.05, 4.69) is 48.7 Å². The molecular formula is C16H28N2O. The molecule has 0 fully saturated rings. The molecule has 0 saturated heterocycles. The van der Waals surface area contributed by atoms with Gasteiger partial charge in [-0.15, -0.1) is 0 Å². The van der Waals surface area contributed by atoms with Crippen LogP contribution in [0.25, 0.3) is 0 Å². The fraction of sp³-hybridized carbons (Fsp3) is 0.625. The minimum absolute atomic E-state index is 0.611. The summed E-state index contributed by atoms with van der Waals surface area (Å²) in [6.45, 7) is 9.22. The van der Waals surface area contributed by atoms with Crippen LogP contribution in [0.1, 0.15) is 37.3 Å². The van der Waals surface area contributed by atoms with Crippen LogP contribution in [0.3, 0.4) is 0 Å². The number of hydrogen-bond acceptors (Lipinski definition) is 3. The maximum atomic E-state index is 4.98. The average Bonchev–Trinajstić information content (AvgIpc) is 2.42. The highest BCUT2D eigenvalue weighted by Crippen LogP contribution is 2.14. The third-order valence-electron chi connectivity index (χ3n) is 3.17. The van der Waals surface area contributed by atoms with Crippen molar-refractivity contribution in [1.82, 2.24) is 10.6 Å². The summed E-state index contributed by atoms with van der Waals surface area (Å²) in [5.41, 5.74) is 2.77. The minimum Gasteiger partial charge on any atom is -0.383 e. The molecule has 1 aromatic rings. The lowest BCUT2D eigenvalue weighted by Gasteiger charge is -2.08. The van der Waals surface area contributed by atoms with Gasteiger partial charge in [0.25, 0.3) is 0 Å². The van der Waals surface area contributed by atoms with Gasteiger partial charge in [0.1, 0.15) is 0 Å². The molecule has 0 aliphatic carbocycles. The number of rotatable bonds is 10. The first-order chi connectivity index (χ1) is 9.24. The van der Waals surface area contributed by atoms with E-state index in [-0.39, 0.29) is 0 Å². The van der Waals surface area contributed by atoms with Gasteiger partial charge in [0, 0.05) is 20.2 Å². The van der Waals surface area contributed by atoms with E-state index in [0.717, 1.165) is 39.2 Å². The Kier molecular flexibility index (Phi) is 8.47. The molecule has 0 heterocycles. The van der Waals surface area contributed by atoms with Crippen LogP contribution in [0.2, 0.25) is 0 Å². The van der Waals surface area contributed by atoms with Gasteiger partial charge in [0.2, 0.25) is 0 Å². The van der Waals surface area contributed by atoms with Gasteiger partial charge in [-0.3, -0.25) is 0 Å². The van der Waals surface area contributed by atoms with Crippen molar-refractivity contribution < 1.29 is 4.74 Å². The van der Waals surface area contributed by atoms with Gasteiger partial charge < -0.3 is 15.4 Å². The molecule has 0 aliphatic rings. The van der Waals surface area contributed by atoms with Crippen molar-refractivity contribution in [3.8, 4) is 0 Å². The summed E-state index contributed by atoms with van der Waals surface area (Å²) in [5.74, 6) is 0.611. The second-order valence-corrected chi connectivity index (χ2v) is 5.17. The van der Waals surface area contributed by atoms with E-state index in [1.807, 2.05) is 0 Å². The van der Waals surface area contributed by atoms with Gasteiger partial charge in [-0.05, 0) is 36.6 Å². The van der Waals surface area contributed by atoms with Crippen molar-refractivity contribution in [2.45, 2.75) is 32.7 Å². The SMILES string of the molecule is COCCNCCCNCc1ccc(C(C)C)cc1. The molecule has 108 valence electrons. The van der Waals surface area contributed by atoms with Crippen molar-refractivity contribution in [2.75, 3.05) is 33.4 Å².